The number of carbonyl (C=O) groups excluding carboxylic acids is 1. The van der Waals surface area contributed by atoms with E-state index in [0.717, 1.165) is 32.5 Å². The Morgan fingerprint density at radius 2 is 2.09 bits per heavy atom. The molecule has 1 aromatic carbocycles. The molecule has 0 saturated carbocycles. The van der Waals surface area contributed by atoms with Crippen LogP contribution in [0.25, 0.3) is 0 Å². The van der Waals surface area contributed by atoms with Crippen molar-refractivity contribution in [3.8, 4) is 5.75 Å². The second-order valence-corrected chi connectivity index (χ2v) is 5.77. The first-order chi connectivity index (χ1) is 10.7. The van der Waals surface area contributed by atoms with E-state index < -0.39 is 11.9 Å². The van der Waals surface area contributed by atoms with E-state index in [9.17, 15) is 9.18 Å². The second kappa shape index (κ2) is 8.13. The van der Waals surface area contributed by atoms with Crippen LogP contribution in [0.4, 0.5) is 4.39 Å². The van der Waals surface area contributed by atoms with Crippen LogP contribution in [0.2, 0.25) is 0 Å². The summed E-state index contributed by atoms with van der Waals surface area (Å²) in [4.78, 5) is 14.4. The number of nitrogens with one attached hydrogen (secondary N) is 1. The van der Waals surface area contributed by atoms with E-state index in [4.69, 9.17) is 4.74 Å². The number of nitrogens with zero attached hydrogens (tertiary/aromatic N) is 1. The quantitative estimate of drug-likeness (QED) is 0.877. The molecule has 5 heteroatoms. The molecule has 1 amide bonds. The fourth-order valence-corrected chi connectivity index (χ4v) is 2.85. The molecule has 1 aliphatic heterocycles. The van der Waals surface area contributed by atoms with E-state index >= 15 is 0 Å². The van der Waals surface area contributed by atoms with Gasteiger partial charge in [-0.3, -0.25) is 4.79 Å². The average molecular weight is 308 g/mol. The average Bonchev–Trinajstić information content (AvgIpc) is 2.54. The molecule has 1 N–H and O–H groups in total. The van der Waals surface area contributed by atoms with Gasteiger partial charge in [0.1, 0.15) is 0 Å². The van der Waals surface area contributed by atoms with E-state index in [-0.39, 0.29) is 11.7 Å². The summed E-state index contributed by atoms with van der Waals surface area (Å²) in [6.45, 7) is 4.38. The number of amides is 1. The topological polar surface area (TPSA) is 41.6 Å². The van der Waals surface area contributed by atoms with E-state index in [2.05, 4.69) is 5.32 Å². The summed E-state index contributed by atoms with van der Waals surface area (Å²) in [5.74, 6) is 0.310. The Hall–Kier alpha value is -1.62. The van der Waals surface area contributed by atoms with Gasteiger partial charge in [0.05, 0.1) is 0 Å². The van der Waals surface area contributed by atoms with Crippen molar-refractivity contribution in [1.82, 2.24) is 10.2 Å². The highest BCUT2D eigenvalue weighted by atomic mass is 19.1. The summed E-state index contributed by atoms with van der Waals surface area (Å²) in [6, 6.07) is 6.22. The smallest absolute Gasteiger partial charge is 0.263 e. The van der Waals surface area contributed by atoms with Crippen LogP contribution in [0.1, 0.15) is 26.2 Å². The van der Waals surface area contributed by atoms with Gasteiger partial charge in [0.15, 0.2) is 17.7 Å². The van der Waals surface area contributed by atoms with E-state index in [1.54, 1.807) is 18.2 Å². The zero-order valence-corrected chi connectivity index (χ0v) is 13.3. The zero-order valence-electron chi connectivity index (χ0n) is 13.3. The molecular formula is C17H25FN2O2. The van der Waals surface area contributed by atoms with Gasteiger partial charge in [0.2, 0.25) is 0 Å². The first-order valence-electron chi connectivity index (χ1n) is 8.00. The predicted molar refractivity (Wildman–Crippen MR) is 84.3 cm³/mol. The molecule has 0 aliphatic carbocycles. The third-order valence-electron chi connectivity index (χ3n) is 4.17. The van der Waals surface area contributed by atoms with Crippen molar-refractivity contribution in [2.75, 3.05) is 26.7 Å². The monoisotopic (exact) mass is 308 g/mol. The summed E-state index contributed by atoms with van der Waals surface area (Å²) in [5.41, 5.74) is 0. The number of likely N-dealkylation sites (tertiary alicyclic amines) is 1. The van der Waals surface area contributed by atoms with Gasteiger partial charge in [0.25, 0.3) is 5.91 Å². The minimum atomic E-state index is -0.613. The SMILES string of the molecule is CCC(Oc1ccccc1F)C(=O)N1CCC(CNC)CC1. The lowest BCUT2D eigenvalue weighted by Crippen LogP contribution is -2.46. The Morgan fingerprint density at radius 1 is 1.41 bits per heavy atom. The molecule has 0 spiro atoms. The minimum absolute atomic E-state index is 0.0336. The number of piperidine rings is 1. The molecule has 1 fully saturated rings. The van der Waals surface area contributed by atoms with E-state index in [1.807, 2.05) is 18.9 Å². The molecule has 2 rings (SSSR count). The Balaban J connectivity index is 1.94. The van der Waals surface area contributed by atoms with E-state index in [0.29, 0.717) is 12.3 Å². The Morgan fingerprint density at radius 3 is 2.68 bits per heavy atom. The van der Waals surface area contributed by atoms with Crippen LogP contribution in [0.3, 0.4) is 0 Å². The number of ether oxygens (including phenoxy) is 1. The van der Waals surface area contributed by atoms with Crippen LogP contribution in [0.5, 0.6) is 5.75 Å². The molecule has 4 nitrogen and oxygen atoms in total. The highest BCUT2D eigenvalue weighted by Crippen LogP contribution is 2.21. The van der Waals surface area contributed by atoms with E-state index in [1.165, 1.54) is 6.07 Å². The predicted octanol–water partition coefficient (Wildman–Crippen LogP) is 2.44. The highest BCUT2D eigenvalue weighted by Gasteiger charge is 2.28. The van der Waals surface area contributed by atoms with Crippen LogP contribution < -0.4 is 10.1 Å². The summed E-state index contributed by atoms with van der Waals surface area (Å²) in [6.07, 6.45) is 1.92. The number of halogens is 1. The van der Waals surface area contributed by atoms with Crippen LogP contribution in [-0.2, 0) is 4.79 Å². The van der Waals surface area contributed by atoms with Crippen molar-refractivity contribution in [3.05, 3.63) is 30.1 Å². The number of carbonyl (C=O) groups is 1. The molecule has 1 heterocycles. The fourth-order valence-electron chi connectivity index (χ4n) is 2.85. The molecule has 1 aliphatic rings. The summed E-state index contributed by atoms with van der Waals surface area (Å²) >= 11 is 0. The first-order valence-corrected chi connectivity index (χ1v) is 8.00. The molecule has 22 heavy (non-hydrogen) atoms. The maximum Gasteiger partial charge on any atom is 0.263 e. The third kappa shape index (κ3) is 4.19. The summed E-state index contributed by atoms with van der Waals surface area (Å²) < 4.78 is 19.3. The van der Waals surface area contributed by atoms with Gasteiger partial charge in [-0.05, 0) is 50.9 Å². The molecule has 0 bridgehead atoms. The maximum absolute atomic E-state index is 13.7. The molecule has 1 aromatic rings. The van der Waals surface area contributed by atoms with Gasteiger partial charge in [-0.2, -0.15) is 0 Å². The summed E-state index contributed by atoms with van der Waals surface area (Å²) in [7, 11) is 1.95. The largest absolute Gasteiger partial charge is 0.478 e. The fraction of sp³-hybridized carbons (Fsp3) is 0.588. The van der Waals surface area contributed by atoms with Gasteiger partial charge >= 0.3 is 0 Å². The number of benzene rings is 1. The van der Waals surface area contributed by atoms with Gasteiger partial charge in [-0.15, -0.1) is 0 Å². The zero-order chi connectivity index (χ0) is 15.9. The molecule has 1 atom stereocenters. The van der Waals surface area contributed by atoms with Crippen molar-refractivity contribution >= 4 is 5.91 Å². The Bertz CT molecular complexity index is 487. The first kappa shape index (κ1) is 16.7. The molecule has 1 unspecified atom stereocenters. The lowest BCUT2D eigenvalue weighted by atomic mass is 9.96. The van der Waals surface area contributed by atoms with Crippen LogP contribution in [0.15, 0.2) is 24.3 Å². The molecule has 1 saturated heterocycles. The number of hydrogen-bond donors (Lipinski definition) is 1. The van der Waals surface area contributed by atoms with Crippen LogP contribution >= 0.6 is 0 Å². The number of hydrogen-bond acceptors (Lipinski definition) is 3. The van der Waals surface area contributed by atoms with Gasteiger partial charge in [-0.1, -0.05) is 19.1 Å². The van der Waals surface area contributed by atoms with Crippen molar-refractivity contribution in [1.29, 1.82) is 0 Å². The molecule has 122 valence electrons. The standard InChI is InChI=1S/C17H25FN2O2/c1-3-15(22-16-7-5-4-6-14(16)18)17(21)20-10-8-13(9-11-20)12-19-2/h4-7,13,15,19H,3,8-12H2,1-2H3. The lowest BCUT2D eigenvalue weighted by Gasteiger charge is -2.34. The molecule has 0 radical (unpaired) electrons. The molecular weight excluding hydrogens is 283 g/mol. The van der Waals surface area contributed by atoms with Gasteiger partial charge in [-0.25, -0.2) is 4.39 Å². The normalized spacial score (nSPS) is 17.3. The van der Waals surface area contributed by atoms with Crippen LogP contribution in [0, 0.1) is 11.7 Å². The third-order valence-corrected chi connectivity index (χ3v) is 4.17. The minimum Gasteiger partial charge on any atom is -0.478 e. The Labute approximate surface area is 131 Å². The van der Waals surface area contributed by atoms with Crippen molar-refractivity contribution in [2.24, 2.45) is 5.92 Å². The van der Waals surface area contributed by atoms with Gasteiger partial charge < -0.3 is 15.0 Å². The van der Waals surface area contributed by atoms with Crippen LogP contribution in [-0.4, -0.2) is 43.6 Å². The Kier molecular flexibility index (Phi) is 6.19. The lowest BCUT2D eigenvalue weighted by molar-refractivity contribution is -0.140. The van der Waals surface area contributed by atoms with Crippen molar-refractivity contribution in [2.45, 2.75) is 32.3 Å². The number of para-hydroxylation sites is 1. The second-order valence-electron chi connectivity index (χ2n) is 5.77. The van der Waals surface area contributed by atoms with Gasteiger partial charge in [0, 0.05) is 13.1 Å². The molecule has 0 aromatic heterocycles. The van der Waals surface area contributed by atoms with Crippen molar-refractivity contribution in [3.63, 3.8) is 0 Å². The highest BCUT2D eigenvalue weighted by molar-refractivity contribution is 5.81. The summed E-state index contributed by atoms with van der Waals surface area (Å²) in [5, 5.41) is 3.18. The number of rotatable bonds is 6. The maximum atomic E-state index is 13.7. The van der Waals surface area contributed by atoms with Crippen molar-refractivity contribution < 1.29 is 13.9 Å².